The van der Waals surface area contributed by atoms with Crippen molar-refractivity contribution in [1.29, 1.82) is 0 Å². The van der Waals surface area contributed by atoms with Crippen molar-refractivity contribution in [2.24, 2.45) is 11.5 Å². The first-order valence-electron chi connectivity index (χ1n) is 16.6. The van der Waals surface area contributed by atoms with Gasteiger partial charge >= 0.3 is 0 Å². The zero-order chi connectivity index (χ0) is 32.3. The van der Waals surface area contributed by atoms with Crippen LogP contribution < -0.4 is 37.5 Å². The van der Waals surface area contributed by atoms with Gasteiger partial charge in [0, 0.05) is 24.3 Å². The molecule has 1 atom stereocenters. The molecule has 2 rings (SSSR count). The van der Waals surface area contributed by atoms with Crippen molar-refractivity contribution < 1.29 is 9.84 Å². The molecule has 0 spiro atoms. The Kier molecular flexibility index (Phi) is 24.5. The summed E-state index contributed by atoms with van der Waals surface area (Å²) in [5.74, 6) is 1.55. The number of nitrogens with one attached hydrogen (secondary N) is 4. The van der Waals surface area contributed by atoms with Crippen molar-refractivity contribution in [3.05, 3.63) is 40.8 Å². The predicted molar refractivity (Wildman–Crippen MR) is 186 cm³/mol. The number of aromatic nitrogens is 2. The van der Waals surface area contributed by atoms with Crippen LogP contribution >= 0.6 is 11.6 Å². The van der Waals surface area contributed by atoms with E-state index in [1.807, 2.05) is 18.2 Å². The summed E-state index contributed by atoms with van der Waals surface area (Å²) < 4.78 is 5.11. The summed E-state index contributed by atoms with van der Waals surface area (Å²) >= 11 is 5.94. The molecule has 1 aromatic heterocycles. The highest BCUT2D eigenvalue weighted by atomic mass is 35.5. The molecule has 0 radical (unpaired) electrons. The minimum atomic E-state index is 0.181. The zero-order valence-electron chi connectivity index (χ0n) is 27.6. The predicted octanol–water partition coefficient (Wildman–Crippen LogP) is 4.98. The molecule has 0 bridgehead atoms. The first-order chi connectivity index (χ1) is 21.5. The van der Waals surface area contributed by atoms with E-state index in [0.717, 1.165) is 108 Å². The average molecular weight is 637 g/mol. The molecule has 0 saturated carbocycles. The molecule has 11 heteroatoms. The van der Waals surface area contributed by atoms with Crippen molar-refractivity contribution in [2.75, 3.05) is 58.2 Å². The second-order valence-electron chi connectivity index (χ2n) is 11.0. The summed E-state index contributed by atoms with van der Waals surface area (Å²) in [7, 11) is 1.56. The molecule has 1 aromatic carbocycles. The fourth-order valence-corrected chi connectivity index (χ4v) is 4.78. The van der Waals surface area contributed by atoms with Crippen LogP contribution in [0.4, 0.5) is 5.82 Å². The van der Waals surface area contributed by atoms with E-state index in [0.29, 0.717) is 17.1 Å². The number of aryl methyl sites for hydroxylation is 1. The molecular formula is C33H61ClN8O2. The molecule has 9 N–H and O–H groups in total. The van der Waals surface area contributed by atoms with E-state index in [2.05, 4.69) is 45.1 Å². The summed E-state index contributed by atoms with van der Waals surface area (Å²) in [6, 6.07) is 7.88. The highest BCUT2D eigenvalue weighted by Crippen LogP contribution is 2.26. The second kappa shape index (κ2) is 27.1. The lowest BCUT2D eigenvalue weighted by Crippen LogP contribution is -2.24. The van der Waals surface area contributed by atoms with E-state index in [9.17, 15) is 5.11 Å². The van der Waals surface area contributed by atoms with Gasteiger partial charge in [-0.05, 0) is 126 Å². The number of hydrogen-bond donors (Lipinski definition) is 7. The molecule has 252 valence electrons. The van der Waals surface area contributed by atoms with E-state index in [-0.39, 0.29) is 5.75 Å². The third kappa shape index (κ3) is 19.9. The quantitative estimate of drug-likeness (QED) is 0.0586. The van der Waals surface area contributed by atoms with Gasteiger partial charge in [-0.15, -0.1) is 0 Å². The number of phenolic OH excluding ortho intramolecular Hbond substituents is 1. The number of halogens is 1. The average Bonchev–Trinajstić information content (AvgIpc) is 3.03. The van der Waals surface area contributed by atoms with Gasteiger partial charge < -0.3 is 42.6 Å². The Morgan fingerprint density at radius 2 is 1.48 bits per heavy atom. The number of anilines is 1. The Bertz CT molecular complexity index is 969. The summed E-state index contributed by atoms with van der Waals surface area (Å²) in [5.41, 5.74) is 13.0. The number of methoxy groups -OCH3 is 1. The maximum Gasteiger partial charge on any atom is 0.224 e. The molecule has 0 fully saturated rings. The van der Waals surface area contributed by atoms with Gasteiger partial charge in [0.2, 0.25) is 5.28 Å². The standard InChI is InChI=1S/C18H34N4O2.C15H27ClN4/c1-24-18-14-16(6-7-17(18)23)15-22-13-5-12-21-10-3-2-9-20-11-4-8-19;1-3-12(9-7-5-6-8-10-17)18-14-11-13(4-2)19-15(16)20-14/h6-7,14,20-23H,2-5,8-13,15,19H2,1H3;11-12H,3-10,17H2,1-2H3,(H,18,19,20). The maximum absolute atomic E-state index is 9.56. The Morgan fingerprint density at radius 1 is 0.818 bits per heavy atom. The minimum absolute atomic E-state index is 0.181. The van der Waals surface area contributed by atoms with Gasteiger partial charge in [0.15, 0.2) is 11.5 Å². The Hall–Kier alpha value is -2.21. The molecule has 44 heavy (non-hydrogen) atoms. The molecule has 10 nitrogen and oxygen atoms in total. The van der Waals surface area contributed by atoms with Gasteiger partial charge in [-0.2, -0.15) is 0 Å². The van der Waals surface area contributed by atoms with Crippen LogP contribution in [0.2, 0.25) is 5.28 Å². The number of hydrogen-bond acceptors (Lipinski definition) is 10. The lowest BCUT2D eigenvalue weighted by Gasteiger charge is -2.18. The van der Waals surface area contributed by atoms with Crippen LogP contribution in [0, 0.1) is 0 Å². The Balaban J connectivity index is 0.000000447. The minimum Gasteiger partial charge on any atom is -0.504 e. The monoisotopic (exact) mass is 636 g/mol. The highest BCUT2D eigenvalue weighted by molar-refractivity contribution is 6.28. The van der Waals surface area contributed by atoms with E-state index < -0.39 is 0 Å². The summed E-state index contributed by atoms with van der Waals surface area (Å²) in [4.78, 5) is 8.44. The third-order valence-electron chi connectivity index (χ3n) is 7.26. The maximum atomic E-state index is 9.56. The highest BCUT2D eigenvalue weighted by Gasteiger charge is 2.09. The molecule has 0 aliphatic rings. The van der Waals surface area contributed by atoms with Crippen molar-refractivity contribution in [3.8, 4) is 11.5 Å². The van der Waals surface area contributed by atoms with Crippen molar-refractivity contribution in [3.63, 3.8) is 0 Å². The van der Waals surface area contributed by atoms with Gasteiger partial charge in [-0.3, -0.25) is 0 Å². The van der Waals surface area contributed by atoms with Crippen LogP contribution in [-0.4, -0.2) is 74.0 Å². The van der Waals surface area contributed by atoms with Crippen molar-refractivity contribution in [2.45, 2.75) is 97.1 Å². The van der Waals surface area contributed by atoms with Crippen molar-refractivity contribution in [1.82, 2.24) is 25.9 Å². The number of nitrogens with zero attached hydrogens (tertiary/aromatic N) is 2. The number of aromatic hydroxyl groups is 1. The molecule has 0 aliphatic carbocycles. The SMILES string of the molecule is CCc1cc(NC(CC)CCCCCCN)nc(Cl)n1.COc1cc(CNCCCNCCCCNCCCN)ccc1O. The van der Waals surface area contributed by atoms with Gasteiger partial charge in [0.1, 0.15) is 5.82 Å². The van der Waals surface area contributed by atoms with Crippen LogP contribution in [0.25, 0.3) is 0 Å². The van der Waals surface area contributed by atoms with Gasteiger partial charge in [-0.25, -0.2) is 9.97 Å². The molecule has 0 aliphatic heterocycles. The number of benzene rings is 1. The van der Waals surface area contributed by atoms with Crippen molar-refractivity contribution >= 4 is 17.4 Å². The molecule has 1 unspecified atom stereocenters. The van der Waals surface area contributed by atoms with Crippen LogP contribution in [0.5, 0.6) is 11.5 Å². The fourth-order valence-electron chi connectivity index (χ4n) is 4.58. The summed E-state index contributed by atoms with van der Waals surface area (Å²) in [6.45, 7) is 11.8. The Labute approximate surface area is 271 Å². The summed E-state index contributed by atoms with van der Waals surface area (Å²) in [6.07, 6.45) is 12.5. The van der Waals surface area contributed by atoms with E-state index in [1.165, 1.54) is 32.1 Å². The number of rotatable bonds is 25. The number of unbranched alkanes of at least 4 members (excludes halogenated alkanes) is 4. The first-order valence-corrected chi connectivity index (χ1v) is 17.0. The Morgan fingerprint density at radius 3 is 2.14 bits per heavy atom. The smallest absolute Gasteiger partial charge is 0.224 e. The first kappa shape index (κ1) is 39.8. The van der Waals surface area contributed by atoms with Gasteiger partial charge in [0.25, 0.3) is 0 Å². The molecule has 1 heterocycles. The van der Waals surface area contributed by atoms with E-state index >= 15 is 0 Å². The number of ether oxygens (including phenoxy) is 1. The second-order valence-corrected chi connectivity index (χ2v) is 11.3. The lowest BCUT2D eigenvalue weighted by atomic mass is 10.1. The molecule has 0 amide bonds. The largest absolute Gasteiger partial charge is 0.504 e. The van der Waals surface area contributed by atoms with E-state index in [1.54, 1.807) is 13.2 Å². The zero-order valence-corrected chi connectivity index (χ0v) is 28.4. The summed E-state index contributed by atoms with van der Waals surface area (Å²) in [5, 5.41) is 23.6. The van der Waals surface area contributed by atoms with E-state index in [4.69, 9.17) is 27.8 Å². The molecule has 2 aromatic rings. The number of phenols is 1. The van der Waals surface area contributed by atoms with Gasteiger partial charge in [0.05, 0.1) is 7.11 Å². The fraction of sp³-hybridized carbons (Fsp3) is 0.697. The normalized spacial score (nSPS) is 11.6. The molecule has 0 saturated heterocycles. The van der Waals surface area contributed by atoms with Crippen LogP contribution in [-0.2, 0) is 13.0 Å². The molecular weight excluding hydrogens is 576 g/mol. The van der Waals surface area contributed by atoms with Crippen LogP contribution in [0.1, 0.15) is 89.3 Å². The topological polar surface area (TPSA) is 155 Å². The lowest BCUT2D eigenvalue weighted by molar-refractivity contribution is 0.373. The third-order valence-corrected chi connectivity index (χ3v) is 7.43. The number of nitrogens with two attached hydrogens (primary N) is 2. The van der Waals surface area contributed by atoms with Crippen LogP contribution in [0.15, 0.2) is 24.3 Å². The van der Waals surface area contributed by atoms with Crippen LogP contribution in [0.3, 0.4) is 0 Å². The van der Waals surface area contributed by atoms with Gasteiger partial charge in [-0.1, -0.05) is 39.2 Å².